The fourth-order valence-electron chi connectivity index (χ4n) is 2.52. The Morgan fingerprint density at radius 2 is 2.00 bits per heavy atom. The summed E-state index contributed by atoms with van der Waals surface area (Å²) < 4.78 is 15.7. The van der Waals surface area contributed by atoms with Gasteiger partial charge in [-0.15, -0.1) is 0 Å². The molecule has 6 nitrogen and oxygen atoms in total. The monoisotopic (exact) mass is 304 g/mol. The Bertz CT molecular complexity index is 662. The van der Waals surface area contributed by atoms with E-state index in [-0.39, 0.29) is 5.92 Å². The summed E-state index contributed by atoms with van der Waals surface area (Å²) in [6.45, 7) is 1.73. The van der Waals surface area contributed by atoms with Gasteiger partial charge in [-0.25, -0.2) is 0 Å². The van der Waals surface area contributed by atoms with Gasteiger partial charge < -0.3 is 19.1 Å². The molecule has 0 spiro atoms. The highest BCUT2D eigenvalue weighted by Crippen LogP contribution is 2.44. The molecule has 0 amide bonds. The van der Waals surface area contributed by atoms with Crippen LogP contribution in [-0.4, -0.2) is 29.5 Å². The highest BCUT2D eigenvalue weighted by atomic mass is 16.5. The van der Waals surface area contributed by atoms with Crippen LogP contribution in [0.4, 0.5) is 0 Å². The van der Waals surface area contributed by atoms with Gasteiger partial charge in [0.05, 0.1) is 14.2 Å². The van der Waals surface area contributed by atoms with Crippen LogP contribution in [0.3, 0.4) is 0 Å². The molecule has 1 aromatic carbocycles. The number of benzene rings is 1. The molecule has 0 saturated heterocycles. The Hall–Kier alpha value is -2.08. The van der Waals surface area contributed by atoms with Gasteiger partial charge in [0, 0.05) is 6.42 Å². The number of nitrogens with zero attached hydrogens (tertiary/aromatic N) is 2. The maximum atomic E-state index is 10.4. The zero-order valence-corrected chi connectivity index (χ0v) is 13.0. The lowest BCUT2D eigenvalue weighted by molar-refractivity contribution is 0.000915. The zero-order valence-electron chi connectivity index (χ0n) is 13.0. The predicted molar refractivity (Wildman–Crippen MR) is 78.9 cm³/mol. The Morgan fingerprint density at radius 1 is 1.27 bits per heavy atom. The van der Waals surface area contributed by atoms with Crippen LogP contribution >= 0.6 is 0 Å². The topological polar surface area (TPSA) is 77.6 Å². The second kappa shape index (κ2) is 5.61. The van der Waals surface area contributed by atoms with Crippen molar-refractivity contribution in [1.82, 2.24) is 10.1 Å². The SMILES string of the molecule is COc1ccc(Cc2noc(C(C)(O)C3CC3)n2)cc1OC. The highest BCUT2D eigenvalue weighted by Gasteiger charge is 2.45. The van der Waals surface area contributed by atoms with E-state index in [0.29, 0.717) is 29.6 Å². The number of rotatable bonds is 6. The molecule has 1 heterocycles. The lowest BCUT2D eigenvalue weighted by Crippen LogP contribution is -2.24. The first kappa shape index (κ1) is 14.8. The molecule has 1 saturated carbocycles. The lowest BCUT2D eigenvalue weighted by Gasteiger charge is -2.16. The molecule has 22 heavy (non-hydrogen) atoms. The number of ether oxygens (including phenoxy) is 2. The van der Waals surface area contributed by atoms with Crippen LogP contribution in [0.25, 0.3) is 0 Å². The first-order valence-electron chi connectivity index (χ1n) is 7.31. The second-order valence-electron chi connectivity index (χ2n) is 5.80. The molecule has 1 aliphatic rings. The molecule has 1 unspecified atom stereocenters. The van der Waals surface area contributed by atoms with E-state index in [4.69, 9.17) is 14.0 Å². The van der Waals surface area contributed by atoms with Gasteiger partial charge in [0.25, 0.3) is 5.89 Å². The van der Waals surface area contributed by atoms with E-state index in [0.717, 1.165) is 18.4 Å². The van der Waals surface area contributed by atoms with Gasteiger partial charge in [-0.1, -0.05) is 11.2 Å². The fraction of sp³-hybridized carbons (Fsp3) is 0.500. The van der Waals surface area contributed by atoms with Gasteiger partial charge in [0.2, 0.25) is 0 Å². The summed E-state index contributed by atoms with van der Waals surface area (Å²) in [5.41, 5.74) is -0.0425. The number of methoxy groups -OCH3 is 2. The molecule has 1 N–H and O–H groups in total. The summed E-state index contributed by atoms with van der Waals surface area (Å²) in [7, 11) is 3.20. The van der Waals surface area contributed by atoms with Gasteiger partial charge in [-0.05, 0) is 43.4 Å². The molecule has 1 aliphatic carbocycles. The maximum Gasteiger partial charge on any atom is 0.258 e. The third kappa shape index (κ3) is 2.78. The van der Waals surface area contributed by atoms with Gasteiger partial charge in [-0.2, -0.15) is 4.98 Å². The summed E-state index contributed by atoms with van der Waals surface area (Å²) >= 11 is 0. The zero-order chi connectivity index (χ0) is 15.7. The highest BCUT2D eigenvalue weighted by molar-refractivity contribution is 5.43. The first-order valence-corrected chi connectivity index (χ1v) is 7.31. The van der Waals surface area contributed by atoms with Crippen molar-refractivity contribution in [3.05, 3.63) is 35.5 Å². The van der Waals surface area contributed by atoms with Crippen molar-refractivity contribution < 1.29 is 19.1 Å². The van der Waals surface area contributed by atoms with E-state index in [2.05, 4.69) is 10.1 Å². The molecule has 1 atom stereocenters. The van der Waals surface area contributed by atoms with E-state index < -0.39 is 5.60 Å². The second-order valence-corrected chi connectivity index (χ2v) is 5.80. The van der Waals surface area contributed by atoms with Crippen LogP contribution in [0.1, 0.15) is 37.0 Å². The predicted octanol–water partition coefficient (Wildman–Crippen LogP) is 2.30. The maximum absolute atomic E-state index is 10.4. The van der Waals surface area contributed by atoms with Crippen LogP contribution in [-0.2, 0) is 12.0 Å². The Kier molecular flexibility index (Phi) is 3.78. The third-order valence-corrected chi connectivity index (χ3v) is 4.08. The van der Waals surface area contributed by atoms with Crippen molar-refractivity contribution in [2.24, 2.45) is 5.92 Å². The largest absolute Gasteiger partial charge is 0.493 e. The normalized spacial score (nSPS) is 17.1. The number of aromatic nitrogens is 2. The number of hydrogen-bond donors (Lipinski definition) is 1. The van der Waals surface area contributed by atoms with E-state index in [9.17, 15) is 5.11 Å². The van der Waals surface area contributed by atoms with Crippen LogP contribution in [0.5, 0.6) is 11.5 Å². The van der Waals surface area contributed by atoms with Gasteiger partial charge in [0.1, 0.15) is 5.60 Å². The molecule has 1 fully saturated rings. The molecule has 6 heteroatoms. The minimum atomic E-state index is -1.02. The third-order valence-electron chi connectivity index (χ3n) is 4.08. The molecule has 2 aromatic rings. The average molecular weight is 304 g/mol. The molecule has 0 radical (unpaired) electrons. The van der Waals surface area contributed by atoms with E-state index >= 15 is 0 Å². The standard InChI is InChI=1S/C16H20N2O4/c1-16(19,11-5-6-11)15-17-14(18-22-15)9-10-4-7-12(20-2)13(8-10)21-3/h4,7-8,11,19H,5-6,9H2,1-3H3. The van der Waals surface area contributed by atoms with Gasteiger partial charge >= 0.3 is 0 Å². The lowest BCUT2D eigenvalue weighted by atomic mass is 10.0. The van der Waals surface area contributed by atoms with Crippen molar-refractivity contribution in [3.63, 3.8) is 0 Å². The van der Waals surface area contributed by atoms with Gasteiger partial charge in [-0.3, -0.25) is 0 Å². The first-order chi connectivity index (χ1) is 10.5. The Morgan fingerprint density at radius 3 is 2.64 bits per heavy atom. The van der Waals surface area contributed by atoms with Crippen molar-refractivity contribution in [1.29, 1.82) is 0 Å². The Balaban J connectivity index is 1.78. The van der Waals surface area contributed by atoms with Crippen LogP contribution in [0.2, 0.25) is 0 Å². The summed E-state index contributed by atoms with van der Waals surface area (Å²) in [6, 6.07) is 5.65. The molecule has 1 aromatic heterocycles. The molecule has 118 valence electrons. The van der Waals surface area contributed by atoms with Crippen molar-refractivity contribution >= 4 is 0 Å². The molecular formula is C16H20N2O4. The summed E-state index contributed by atoms with van der Waals surface area (Å²) in [5, 5.41) is 14.4. The van der Waals surface area contributed by atoms with Crippen molar-refractivity contribution in [3.8, 4) is 11.5 Å². The van der Waals surface area contributed by atoms with Gasteiger partial charge in [0.15, 0.2) is 17.3 Å². The quantitative estimate of drug-likeness (QED) is 0.882. The van der Waals surface area contributed by atoms with E-state index in [1.165, 1.54) is 0 Å². The smallest absolute Gasteiger partial charge is 0.258 e. The Labute approximate surface area is 129 Å². The van der Waals surface area contributed by atoms with Crippen LogP contribution in [0, 0.1) is 5.92 Å². The van der Waals surface area contributed by atoms with E-state index in [1.54, 1.807) is 21.1 Å². The minimum absolute atomic E-state index is 0.224. The molecule has 3 rings (SSSR count). The molecule has 0 bridgehead atoms. The summed E-state index contributed by atoms with van der Waals surface area (Å²) in [4.78, 5) is 4.34. The van der Waals surface area contributed by atoms with Crippen molar-refractivity contribution in [2.45, 2.75) is 31.8 Å². The summed E-state index contributed by atoms with van der Waals surface area (Å²) in [6.07, 6.45) is 2.51. The number of hydrogen-bond acceptors (Lipinski definition) is 6. The van der Waals surface area contributed by atoms with Crippen LogP contribution in [0.15, 0.2) is 22.7 Å². The fourth-order valence-corrected chi connectivity index (χ4v) is 2.52. The average Bonchev–Trinajstić information content (AvgIpc) is 3.28. The van der Waals surface area contributed by atoms with E-state index in [1.807, 2.05) is 18.2 Å². The minimum Gasteiger partial charge on any atom is -0.493 e. The van der Waals surface area contributed by atoms with Crippen LogP contribution < -0.4 is 9.47 Å². The summed E-state index contributed by atoms with van der Waals surface area (Å²) in [5.74, 6) is 2.40. The molecular weight excluding hydrogens is 284 g/mol. The molecule has 0 aliphatic heterocycles. The van der Waals surface area contributed by atoms with Crippen molar-refractivity contribution in [2.75, 3.05) is 14.2 Å². The number of aliphatic hydroxyl groups is 1.